The van der Waals surface area contributed by atoms with Gasteiger partial charge in [-0.25, -0.2) is 4.68 Å². The molecule has 3 aromatic rings. The van der Waals surface area contributed by atoms with Crippen LogP contribution in [0.15, 0.2) is 65.6 Å². The number of carbonyl (C=O) groups excluding carboxylic acids is 1. The number of hydrogen-bond acceptors (Lipinski definition) is 4. The highest BCUT2D eigenvalue weighted by atomic mass is 16.5. The first-order chi connectivity index (χ1) is 12.1. The van der Waals surface area contributed by atoms with E-state index in [-0.39, 0.29) is 5.69 Å². The van der Waals surface area contributed by atoms with Crippen molar-refractivity contribution in [3.8, 4) is 11.4 Å². The maximum atomic E-state index is 12.4. The van der Waals surface area contributed by atoms with Gasteiger partial charge in [-0.2, -0.15) is 5.10 Å². The molecule has 3 rings (SSSR count). The number of aryl methyl sites for hydroxylation is 1. The molecule has 0 saturated heterocycles. The normalized spacial score (nSPS) is 10.3. The zero-order valence-corrected chi connectivity index (χ0v) is 13.9. The van der Waals surface area contributed by atoms with Gasteiger partial charge in [0.15, 0.2) is 5.69 Å². The van der Waals surface area contributed by atoms with E-state index in [0.717, 1.165) is 11.3 Å². The SMILES string of the molecule is COc1ccc(NC(=O)c2nn(-c3ccc(C)cc3)ccc2=O)cc1. The quantitative estimate of drug-likeness (QED) is 0.796. The first-order valence-corrected chi connectivity index (χ1v) is 7.69. The summed E-state index contributed by atoms with van der Waals surface area (Å²) in [6.45, 7) is 1.98. The molecule has 1 N–H and O–H groups in total. The Morgan fingerprint density at radius 1 is 1.04 bits per heavy atom. The molecule has 0 aliphatic heterocycles. The third kappa shape index (κ3) is 3.74. The Morgan fingerprint density at radius 3 is 2.36 bits per heavy atom. The number of ether oxygens (including phenoxy) is 1. The van der Waals surface area contributed by atoms with E-state index in [4.69, 9.17) is 4.74 Å². The van der Waals surface area contributed by atoms with Gasteiger partial charge in [0.25, 0.3) is 5.91 Å². The van der Waals surface area contributed by atoms with Crippen LogP contribution in [0.1, 0.15) is 16.1 Å². The molecule has 6 nitrogen and oxygen atoms in total. The minimum Gasteiger partial charge on any atom is -0.497 e. The number of aromatic nitrogens is 2. The van der Waals surface area contributed by atoms with Gasteiger partial charge in [-0.15, -0.1) is 0 Å². The summed E-state index contributed by atoms with van der Waals surface area (Å²) >= 11 is 0. The first kappa shape index (κ1) is 16.4. The summed E-state index contributed by atoms with van der Waals surface area (Å²) in [7, 11) is 1.56. The summed E-state index contributed by atoms with van der Waals surface area (Å²) in [5.41, 5.74) is 1.83. The fourth-order valence-corrected chi connectivity index (χ4v) is 2.27. The molecule has 0 saturated carbocycles. The van der Waals surface area contributed by atoms with Crippen LogP contribution in [-0.4, -0.2) is 22.8 Å². The molecule has 0 aliphatic carbocycles. The Hall–Kier alpha value is -3.41. The summed E-state index contributed by atoms with van der Waals surface area (Å²) in [6.07, 6.45) is 1.54. The molecule has 1 amide bonds. The highest BCUT2D eigenvalue weighted by Crippen LogP contribution is 2.15. The summed E-state index contributed by atoms with van der Waals surface area (Å²) in [4.78, 5) is 24.4. The number of nitrogens with zero attached hydrogens (tertiary/aromatic N) is 2. The third-order valence-electron chi connectivity index (χ3n) is 3.67. The van der Waals surface area contributed by atoms with Crippen molar-refractivity contribution < 1.29 is 9.53 Å². The lowest BCUT2D eigenvalue weighted by Gasteiger charge is -2.09. The van der Waals surface area contributed by atoms with E-state index in [2.05, 4.69) is 10.4 Å². The Balaban J connectivity index is 1.87. The molecule has 1 heterocycles. The van der Waals surface area contributed by atoms with Crippen LogP contribution in [0.5, 0.6) is 5.75 Å². The van der Waals surface area contributed by atoms with Gasteiger partial charge in [-0.3, -0.25) is 9.59 Å². The molecule has 0 bridgehead atoms. The van der Waals surface area contributed by atoms with Gasteiger partial charge in [0.2, 0.25) is 5.43 Å². The summed E-state index contributed by atoms with van der Waals surface area (Å²) in [5.74, 6) is 0.120. The Kier molecular flexibility index (Phi) is 4.61. The number of carbonyl (C=O) groups is 1. The predicted octanol–water partition coefficient (Wildman–Crippen LogP) is 2.80. The van der Waals surface area contributed by atoms with Crippen molar-refractivity contribution in [2.75, 3.05) is 12.4 Å². The summed E-state index contributed by atoms with van der Waals surface area (Å²) in [5, 5.41) is 6.84. The van der Waals surface area contributed by atoms with Crippen molar-refractivity contribution in [3.05, 3.63) is 82.3 Å². The van der Waals surface area contributed by atoms with Crippen molar-refractivity contribution >= 4 is 11.6 Å². The molecular weight excluding hydrogens is 318 g/mol. The number of rotatable bonds is 4. The summed E-state index contributed by atoms with van der Waals surface area (Å²) in [6, 6.07) is 15.8. The van der Waals surface area contributed by atoms with E-state index in [9.17, 15) is 9.59 Å². The van der Waals surface area contributed by atoms with Crippen molar-refractivity contribution in [1.82, 2.24) is 9.78 Å². The Bertz CT molecular complexity index is 945. The number of anilines is 1. The molecular formula is C19H17N3O3. The predicted molar refractivity (Wildman–Crippen MR) is 95.5 cm³/mol. The molecule has 126 valence electrons. The third-order valence-corrected chi connectivity index (χ3v) is 3.67. The molecule has 25 heavy (non-hydrogen) atoms. The second-order valence-electron chi connectivity index (χ2n) is 5.49. The van der Waals surface area contributed by atoms with E-state index in [0.29, 0.717) is 11.4 Å². The first-order valence-electron chi connectivity index (χ1n) is 7.69. The highest BCUT2D eigenvalue weighted by molar-refractivity contribution is 6.02. The van der Waals surface area contributed by atoms with Gasteiger partial charge in [0, 0.05) is 18.0 Å². The van der Waals surface area contributed by atoms with Crippen LogP contribution in [0.4, 0.5) is 5.69 Å². The lowest BCUT2D eigenvalue weighted by atomic mass is 10.2. The molecule has 1 aromatic heterocycles. The minimum absolute atomic E-state index is 0.168. The molecule has 0 unspecified atom stereocenters. The molecule has 0 atom stereocenters. The number of methoxy groups -OCH3 is 1. The summed E-state index contributed by atoms with van der Waals surface area (Å²) < 4.78 is 6.58. The second-order valence-corrected chi connectivity index (χ2v) is 5.49. The lowest BCUT2D eigenvalue weighted by molar-refractivity contribution is 0.101. The van der Waals surface area contributed by atoms with Crippen LogP contribution in [0, 0.1) is 6.92 Å². The van der Waals surface area contributed by atoms with Crippen LogP contribution in [-0.2, 0) is 0 Å². The number of benzene rings is 2. The largest absolute Gasteiger partial charge is 0.497 e. The topological polar surface area (TPSA) is 73.2 Å². The fourth-order valence-electron chi connectivity index (χ4n) is 2.27. The van der Waals surface area contributed by atoms with Crippen LogP contribution < -0.4 is 15.5 Å². The maximum Gasteiger partial charge on any atom is 0.280 e. The smallest absolute Gasteiger partial charge is 0.280 e. The van der Waals surface area contributed by atoms with Gasteiger partial charge < -0.3 is 10.1 Å². The fraction of sp³-hybridized carbons (Fsp3) is 0.105. The standard InChI is InChI=1S/C19H17N3O3/c1-13-3-7-15(8-4-13)22-12-11-17(23)18(21-22)19(24)20-14-5-9-16(25-2)10-6-14/h3-12H,1-2H3,(H,20,24). The second kappa shape index (κ2) is 7.00. The minimum atomic E-state index is -0.559. The molecule has 2 aromatic carbocycles. The zero-order chi connectivity index (χ0) is 17.8. The van der Waals surface area contributed by atoms with Crippen LogP contribution in [0.3, 0.4) is 0 Å². The van der Waals surface area contributed by atoms with E-state index >= 15 is 0 Å². The molecule has 6 heteroatoms. The van der Waals surface area contributed by atoms with Crippen molar-refractivity contribution in [2.45, 2.75) is 6.92 Å². The molecule has 0 aliphatic rings. The van der Waals surface area contributed by atoms with Gasteiger partial charge >= 0.3 is 0 Å². The van der Waals surface area contributed by atoms with Crippen LogP contribution in [0.2, 0.25) is 0 Å². The van der Waals surface area contributed by atoms with E-state index < -0.39 is 11.3 Å². The molecule has 0 fully saturated rings. The highest BCUT2D eigenvalue weighted by Gasteiger charge is 2.13. The maximum absolute atomic E-state index is 12.4. The molecule has 0 spiro atoms. The van der Waals surface area contributed by atoms with Crippen LogP contribution >= 0.6 is 0 Å². The van der Waals surface area contributed by atoms with Crippen molar-refractivity contribution in [3.63, 3.8) is 0 Å². The lowest BCUT2D eigenvalue weighted by Crippen LogP contribution is -2.25. The zero-order valence-electron chi connectivity index (χ0n) is 13.9. The van der Waals surface area contributed by atoms with E-state index in [1.165, 1.54) is 16.9 Å². The van der Waals surface area contributed by atoms with Gasteiger partial charge in [0.1, 0.15) is 5.75 Å². The average molecular weight is 335 g/mol. The Labute approximate surface area is 144 Å². The van der Waals surface area contributed by atoms with Gasteiger partial charge in [-0.05, 0) is 43.3 Å². The van der Waals surface area contributed by atoms with Crippen LogP contribution in [0.25, 0.3) is 5.69 Å². The van der Waals surface area contributed by atoms with Gasteiger partial charge in [-0.1, -0.05) is 17.7 Å². The van der Waals surface area contributed by atoms with E-state index in [1.54, 1.807) is 31.4 Å². The van der Waals surface area contributed by atoms with E-state index in [1.807, 2.05) is 31.2 Å². The van der Waals surface area contributed by atoms with Crippen molar-refractivity contribution in [1.29, 1.82) is 0 Å². The monoisotopic (exact) mass is 335 g/mol. The van der Waals surface area contributed by atoms with Crippen molar-refractivity contribution in [2.24, 2.45) is 0 Å². The number of nitrogens with one attached hydrogen (secondary N) is 1. The average Bonchev–Trinajstić information content (AvgIpc) is 2.63. The number of hydrogen-bond donors (Lipinski definition) is 1. The van der Waals surface area contributed by atoms with Gasteiger partial charge in [0.05, 0.1) is 12.8 Å². The number of amides is 1. The molecule has 0 radical (unpaired) electrons. The Morgan fingerprint density at radius 2 is 1.72 bits per heavy atom.